The van der Waals surface area contributed by atoms with Gasteiger partial charge in [0.2, 0.25) is 0 Å². The molecule has 0 N–H and O–H groups in total. The molecule has 2 aromatic heterocycles. The van der Waals surface area contributed by atoms with Crippen molar-refractivity contribution >= 4 is 21.9 Å². The van der Waals surface area contributed by atoms with Crippen LogP contribution in [-0.4, -0.2) is 4.98 Å². The molecule has 3 nitrogen and oxygen atoms in total. The highest BCUT2D eigenvalue weighted by molar-refractivity contribution is 6.01. The highest BCUT2D eigenvalue weighted by Crippen LogP contribution is 2.20. The molecule has 0 aliphatic carbocycles. The van der Waals surface area contributed by atoms with Crippen LogP contribution in [-0.2, 0) is 0 Å². The van der Waals surface area contributed by atoms with Gasteiger partial charge >= 0.3 is 5.63 Å². The van der Waals surface area contributed by atoms with E-state index in [1.54, 1.807) is 18.3 Å². The van der Waals surface area contributed by atoms with Crippen molar-refractivity contribution in [3.63, 3.8) is 0 Å². The van der Waals surface area contributed by atoms with Crippen molar-refractivity contribution in [3.05, 3.63) is 52.5 Å². The quantitative estimate of drug-likeness (QED) is 0.424. The van der Waals surface area contributed by atoms with Gasteiger partial charge in [0.25, 0.3) is 0 Å². The van der Waals surface area contributed by atoms with E-state index in [0.29, 0.717) is 16.5 Å². The van der Waals surface area contributed by atoms with Gasteiger partial charge in [0.05, 0.1) is 10.9 Å². The Labute approximate surface area is 91.3 Å². The molecule has 0 saturated heterocycles. The summed E-state index contributed by atoms with van der Waals surface area (Å²) in [6.45, 7) is 1.90. The Bertz CT molecular complexity index is 744. The van der Waals surface area contributed by atoms with Crippen LogP contribution in [0.4, 0.5) is 0 Å². The number of fused-ring (bicyclic) bond motifs is 3. The van der Waals surface area contributed by atoms with Crippen LogP contribution < -0.4 is 5.63 Å². The van der Waals surface area contributed by atoms with Gasteiger partial charge in [0.1, 0.15) is 5.58 Å². The minimum absolute atomic E-state index is 0.329. The van der Waals surface area contributed by atoms with Gasteiger partial charge in [-0.25, -0.2) is 4.79 Å². The summed E-state index contributed by atoms with van der Waals surface area (Å²) >= 11 is 0. The maximum absolute atomic E-state index is 11.7. The van der Waals surface area contributed by atoms with Crippen LogP contribution in [0.25, 0.3) is 21.9 Å². The third kappa shape index (κ3) is 1.21. The van der Waals surface area contributed by atoms with Crippen molar-refractivity contribution in [2.75, 3.05) is 0 Å². The SMILES string of the molecule is Cc1cnc2c(c1)c(=O)oc1ccccc12. The summed E-state index contributed by atoms with van der Waals surface area (Å²) in [5.74, 6) is 0. The molecular formula is C13H9NO2. The number of aryl methyl sites for hydroxylation is 1. The Hall–Kier alpha value is -2.16. The second-order valence-electron chi connectivity index (χ2n) is 3.79. The van der Waals surface area contributed by atoms with E-state index in [-0.39, 0.29) is 5.63 Å². The average molecular weight is 211 g/mol. The lowest BCUT2D eigenvalue weighted by atomic mass is 10.1. The zero-order chi connectivity index (χ0) is 11.1. The molecule has 0 bridgehead atoms. The molecule has 3 heteroatoms. The van der Waals surface area contributed by atoms with Crippen molar-refractivity contribution in [2.45, 2.75) is 6.92 Å². The lowest BCUT2D eigenvalue weighted by Gasteiger charge is -2.01. The zero-order valence-electron chi connectivity index (χ0n) is 8.73. The summed E-state index contributed by atoms with van der Waals surface area (Å²) < 4.78 is 5.23. The van der Waals surface area contributed by atoms with Crippen LogP contribution in [0.2, 0.25) is 0 Å². The largest absolute Gasteiger partial charge is 0.422 e. The molecule has 3 rings (SSSR count). The highest BCUT2D eigenvalue weighted by Gasteiger charge is 2.07. The number of benzene rings is 1. The monoisotopic (exact) mass is 211 g/mol. The van der Waals surface area contributed by atoms with Gasteiger partial charge in [-0.05, 0) is 30.7 Å². The van der Waals surface area contributed by atoms with Gasteiger partial charge in [-0.3, -0.25) is 4.98 Å². The van der Waals surface area contributed by atoms with E-state index >= 15 is 0 Å². The Morgan fingerprint density at radius 2 is 2.00 bits per heavy atom. The molecular weight excluding hydrogens is 202 g/mol. The standard InChI is InChI=1S/C13H9NO2/c1-8-6-10-12(14-7-8)9-4-2-3-5-11(9)16-13(10)15/h2-7H,1H3. The molecule has 0 aliphatic heterocycles. The Morgan fingerprint density at radius 1 is 1.19 bits per heavy atom. The van der Waals surface area contributed by atoms with E-state index in [4.69, 9.17) is 4.42 Å². The Morgan fingerprint density at radius 3 is 2.88 bits per heavy atom. The molecule has 0 spiro atoms. The van der Waals surface area contributed by atoms with Crippen LogP contribution in [0, 0.1) is 6.92 Å². The maximum Gasteiger partial charge on any atom is 0.345 e. The molecule has 2 heterocycles. The van der Waals surface area contributed by atoms with Gasteiger partial charge in [-0.2, -0.15) is 0 Å². The summed E-state index contributed by atoms with van der Waals surface area (Å²) in [6.07, 6.45) is 1.76. The first-order valence-corrected chi connectivity index (χ1v) is 5.04. The lowest BCUT2D eigenvalue weighted by molar-refractivity contribution is 0.569. The number of hydrogen-bond acceptors (Lipinski definition) is 3. The van der Waals surface area contributed by atoms with E-state index < -0.39 is 0 Å². The van der Waals surface area contributed by atoms with Gasteiger partial charge < -0.3 is 4.42 Å². The fourth-order valence-corrected chi connectivity index (χ4v) is 1.85. The molecule has 1 aromatic carbocycles. The first-order chi connectivity index (χ1) is 7.75. The number of pyridine rings is 1. The maximum atomic E-state index is 11.7. The minimum Gasteiger partial charge on any atom is -0.422 e. The smallest absolute Gasteiger partial charge is 0.345 e. The molecule has 0 atom stereocenters. The normalized spacial score (nSPS) is 11.1. The molecule has 0 radical (unpaired) electrons. The topological polar surface area (TPSA) is 43.1 Å². The van der Waals surface area contributed by atoms with Crippen LogP contribution >= 0.6 is 0 Å². The Kier molecular flexibility index (Phi) is 1.80. The van der Waals surface area contributed by atoms with E-state index in [1.165, 1.54) is 0 Å². The van der Waals surface area contributed by atoms with Crippen molar-refractivity contribution in [2.24, 2.45) is 0 Å². The summed E-state index contributed by atoms with van der Waals surface area (Å²) in [7, 11) is 0. The van der Waals surface area contributed by atoms with Crippen LogP contribution in [0.5, 0.6) is 0 Å². The van der Waals surface area contributed by atoms with Crippen LogP contribution in [0.15, 0.2) is 45.7 Å². The summed E-state index contributed by atoms with van der Waals surface area (Å²) in [6, 6.07) is 9.23. The molecule has 0 unspecified atom stereocenters. The first kappa shape index (κ1) is 9.09. The predicted molar refractivity (Wildman–Crippen MR) is 62.5 cm³/mol. The second-order valence-corrected chi connectivity index (χ2v) is 3.79. The predicted octanol–water partition coefficient (Wildman–Crippen LogP) is 2.65. The second kappa shape index (κ2) is 3.17. The van der Waals surface area contributed by atoms with Gasteiger partial charge in [-0.1, -0.05) is 12.1 Å². The summed E-state index contributed by atoms with van der Waals surface area (Å²) in [5, 5.41) is 1.41. The number of rotatable bonds is 0. The molecule has 0 saturated carbocycles. The highest BCUT2D eigenvalue weighted by atomic mass is 16.4. The van der Waals surface area contributed by atoms with Crippen molar-refractivity contribution in [3.8, 4) is 0 Å². The minimum atomic E-state index is -0.329. The number of nitrogens with zero attached hydrogens (tertiary/aromatic N) is 1. The van der Waals surface area contributed by atoms with E-state index in [9.17, 15) is 4.79 Å². The number of para-hydroxylation sites is 1. The van der Waals surface area contributed by atoms with Crippen LogP contribution in [0.1, 0.15) is 5.56 Å². The lowest BCUT2D eigenvalue weighted by Crippen LogP contribution is -2.01. The van der Waals surface area contributed by atoms with Crippen molar-refractivity contribution in [1.82, 2.24) is 4.98 Å². The first-order valence-electron chi connectivity index (χ1n) is 5.04. The third-order valence-electron chi connectivity index (χ3n) is 2.59. The van der Waals surface area contributed by atoms with Gasteiger partial charge in [0, 0.05) is 11.6 Å². The molecule has 0 fully saturated rings. The fourth-order valence-electron chi connectivity index (χ4n) is 1.85. The number of aromatic nitrogens is 1. The van der Waals surface area contributed by atoms with Gasteiger partial charge in [-0.15, -0.1) is 0 Å². The Balaban J connectivity index is 2.65. The molecule has 0 amide bonds. The van der Waals surface area contributed by atoms with E-state index in [2.05, 4.69) is 4.98 Å². The molecule has 78 valence electrons. The summed E-state index contributed by atoms with van der Waals surface area (Å²) in [5.41, 5.74) is 1.91. The number of hydrogen-bond donors (Lipinski definition) is 0. The van der Waals surface area contributed by atoms with E-state index in [0.717, 1.165) is 10.9 Å². The average Bonchev–Trinajstić information content (AvgIpc) is 2.29. The molecule has 16 heavy (non-hydrogen) atoms. The molecule has 3 aromatic rings. The van der Waals surface area contributed by atoms with Crippen molar-refractivity contribution in [1.29, 1.82) is 0 Å². The van der Waals surface area contributed by atoms with E-state index in [1.807, 2.05) is 25.1 Å². The fraction of sp³-hybridized carbons (Fsp3) is 0.0769. The third-order valence-corrected chi connectivity index (χ3v) is 2.59. The van der Waals surface area contributed by atoms with Crippen molar-refractivity contribution < 1.29 is 4.42 Å². The van der Waals surface area contributed by atoms with Crippen LogP contribution in [0.3, 0.4) is 0 Å². The zero-order valence-corrected chi connectivity index (χ0v) is 8.73. The van der Waals surface area contributed by atoms with Gasteiger partial charge in [0.15, 0.2) is 0 Å². The molecule has 0 aliphatic rings. The summed E-state index contributed by atoms with van der Waals surface area (Å²) in [4.78, 5) is 16.0.